The highest BCUT2D eigenvalue weighted by Crippen LogP contribution is 2.19. The molecule has 8 nitrogen and oxygen atoms in total. The summed E-state index contributed by atoms with van der Waals surface area (Å²) in [5.41, 5.74) is 1.57. The number of amides is 1. The maximum atomic E-state index is 12.3. The Morgan fingerprint density at radius 2 is 1.96 bits per heavy atom. The van der Waals surface area contributed by atoms with Crippen LogP contribution in [0.1, 0.15) is 36.8 Å². The molecular weight excluding hydrogens is 350 g/mol. The third kappa shape index (κ3) is 5.27. The quantitative estimate of drug-likeness (QED) is 0.595. The van der Waals surface area contributed by atoms with Gasteiger partial charge < -0.3 is 19.4 Å². The molecule has 3 aromatic rings. The molecule has 140 valence electrons. The van der Waals surface area contributed by atoms with E-state index in [1.807, 2.05) is 30.3 Å². The molecule has 3 rings (SSSR count). The van der Waals surface area contributed by atoms with Gasteiger partial charge in [-0.05, 0) is 18.1 Å². The number of carboxylic acid groups (broad SMARTS) is 1. The van der Waals surface area contributed by atoms with Crippen molar-refractivity contribution in [1.82, 2.24) is 15.5 Å². The van der Waals surface area contributed by atoms with Gasteiger partial charge in [-0.3, -0.25) is 9.59 Å². The maximum Gasteiger partial charge on any atom is 0.303 e. The summed E-state index contributed by atoms with van der Waals surface area (Å²) in [6.07, 6.45) is 3.75. The number of carboxylic acids is 1. The van der Waals surface area contributed by atoms with Crippen LogP contribution in [0.25, 0.3) is 11.4 Å². The van der Waals surface area contributed by atoms with Crippen LogP contribution in [-0.2, 0) is 16.0 Å². The molecule has 0 aliphatic carbocycles. The summed E-state index contributed by atoms with van der Waals surface area (Å²) in [6, 6.07) is 10.7. The molecule has 0 aliphatic heterocycles. The summed E-state index contributed by atoms with van der Waals surface area (Å²) in [4.78, 5) is 27.4. The first-order valence-corrected chi connectivity index (χ1v) is 8.53. The minimum atomic E-state index is -0.900. The number of aryl methyl sites for hydroxylation is 1. The molecular formula is C19H19N3O5. The normalized spacial score (nSPS) is 11.9. The fourth-order valence-corrected chi connectivity index (χ4v) is 2.63. The Kier molecular flexibility index (Phi) is 5.98. The number of hydrogen-bond donors (Lipinski definition) is 2. The largest absolute Gasteiger partial charge is 0.481 e. The van der Waals surface area contributed by atoms with Gasteiger partial charge in [0.15, 0.2) is 0 Å². The molecule has 27 heavy (non-hydrogen) atoms. The summed E-state index contributed by atoms with van der Waals surface area (Å²) < 4.78 is 10.1. The number of benzene rings is 1. The van der Waals surface area contributed by atoms with Crippen molar-refractivity contribution in [2.45, 2.75) is 31.7 Å². The second-order valence-corrected chi connectivity index (χ2v) is 5.99. The molecule has 1 aromatic carbocycles. The van der Waals surface area contributed by atoms with Crippen molar-refractivity contribution in [3.63, 3.8) is 0 Å². The second kappa shape index (κ2) is 8.79. The molecule has 0 radical (unpaired) electrons. The van der Waals surface area contributed by atoms with Gasteiger partial charge in [-0.15, -0.1) is 0 Å². The van der Waals surface area contributed by atoms with Crippen molar-refractivity contribution in [2.24, 2.45) is 0 Å². The summed E-state index contributed by atoms with van der Waals surface area (Å²) in [5.74, 6) is -0.356. The highest BCUT2D eigenvalue weighted by Gasteiger charge is 2.17. The zero-order valence-electron chi connectivity index (χ0n) is 14.5. The van der Waals surface area contributed by atoms with E-state index in [4.69, 9.17) is 14.0 Å². The van der Waals surface area contributed by atoms with E-state index >= 15 is 0 Å². The molecule has 0 fully saturated rings. The zero-order chi connectivity index (χ0) is 19.1. The Bertz CT molecular complexity index is 874. The smallest absolute Gasteiger partial charge is 0.303 e. The molecule has 0 aliphatic rings. The Morgan fingerprint density at radius 1 is 1.15 bits per heavy atom. The lowest BCUT2D eigenvalue weighted by Gasteiger charge is -2.18. The highest BCUT2D eigenvalue weighted by molar-refractivity contribution is 5.76. The van der Waals surface area contributed by atoms with Gasteiger partial charge in [0.05, 0.1) is 17.9 Å². The Morgan fingerprint density at radius 3 is 2.67 bits per heavy atom. The topological polar surface area (TPSA) is 118 Å². The van der Waals surface area contributed by atoms with Crippen LogP contribution in [-0.4, -0.2) is 27.1 Å². The molecule has 0 saturated heterocycles. The highest BCUT2D eigenvalue weighted by atomic mass is 16.5. The summed E-state index contributed by atoms with van der Waals surface area (Å²) >= 11 is 0. The number of hydrogen-bond acceptors (Lipinski definition) is 6. The van der Waals surface area contributed by atoms with E-state index in [9.17, 15) is 9.59 Å². The van der Waals surface area contributed by atoms with Gasteiger partial charge in [-0.2, -0.15) is 4.98 Å². The molecule has 0 saturated carbocycles. The lowest BCUT2D eigenvalue weighted by atomic mass is 10.0. The molecule has 1 unspecified atom stereocenters. The van der Waals surface area contributed by atoms with Crippen LogP contribution in [0.4, 0.5) is 0 Å². The van der Waals surface area contributed by atoms with Gasteiger partial charge in [-0.1, -0.05) is 35.5 Å². The van der Waals surface area contributed by atoms with Crippen molar-refractivity contribution in [3.05, 3.63) is 60.4 Å². The van der Waals surface area contributed by atoms with Crippen LogP contribution in [0.15, 0.2) is 57.9 Å². The number of aromatic nitrogens is 2. The fourth-order valence-electron chi connectivity index (χ4n) is 2.63. The van der Waals surface area contributed by atoms with Gasteiger partial charge >= 0.3 is 5.97 Å². The first-order chi connectivity index (χ1) is 13.1. The predicted molar refractivity (Wildman–Crippen MR) is 94.5 cm³/mol. The van der Waals surface area contributed by atoms with Gasteiger partial charge in [0.2, 0.25) is 17.6 Å². The van der Waals surface area contributed by atoms with Crippen molar-refractivity contribution in [1.29, 1.82) is 0 Å². The minimum Gasteiger partial charge on any atom is -0.481 e. The van der Waals surface area contributed by atoms with Crippen LogP contribution in [0.2, 0.25) is 0 Å². The lowest BCUT2D eigenvalue weighted by molar-refractivity contribution is -0.137. The zero-order valence-corrected chi connectivity index (χ0v) is 14.5. The molecule has 2 aromatic heterocycles. The fraction of sp³-hybridized carbons (Fsp3) is 0.263. The second-order valence-electron chi connectivity index (χ2n) is 5.99. The van der Waals surface area contributed by atoms with Gasteiger partial charge in [0.25, 0.3) is 0 Å². The number of carbonyl (C=O) groups excluding carboxylic acids is 1. The van der Waals surface area contributed by atoms with Crippen LogP contribution in [0.5, 0.6) is 0 Å². The molecule has 1 amide bonds. The SMILES string of the molecule is O=C(O)CCC(NC(=O)CCc1nc(-c2ccoc2)no1)c1ccccc1. The molecule has 2 heterocycles. The van der Waals surface area contributed by atoms with Crippen molar-refractivity contribution in [2.75, 3.05) is 0 Å². The van der Waals surface area contributed by atoms with E-state index in [0.29, 0.717) is 23.7 Å². The Labute approximate surface area is 155 Å². The van der Waals surface area contributed by atoms with Gasteiger partial charge in [0, 0.05) is 19.3 Å². The number of furan rings is 1. The average Bonchev–Trinajstić information content (AvgIpc) is 3.35. The molecule has 1 atom stereocenters. The maximum absolute atomic E-state index is 12.3. The number of rotatable bonds is 9. The van der Waals surface area contributed by atoms with E-state index in [1.54, 1.807) is 6.07 Å². The Balaban J connectivity index is 1.56. The lowest BCUT2D eigenvalue weighted by Crippen LogP contribution is -2.29. The molecule has 2 N–H and O–H groups in total. The van der Waals surface area contributed by atoms with Crippen LogP contribution in [0.3, 0.4) is 0 Å². The van der Waals surface area contributed by atoms with Gasteiger partial charge in [0.1, 0.15) is 6.26 Å². The average molecular weight is 369 g/mol. The number of nitrogens with zero attached hydrogens (tertiary/aromatic N) is 2. The van der Waals surface area contributed by atoms with Gasteiger partial charge in [-0.25, -0.2) is 0 Å². The molecule has 0 spiro atoms. The number of nitrogens with one attached hydrogen (secondary N) is 1. The third-order valence-electron chi connectivity index (χ3n) is 4.00. The number of carbonyl (C=O) groups is 2. The van der Waals surface area contributed by atoms with E-state index < -0.39 is 5.97 Å². The van der Waals surface area contributed by atoms with E-state index in [1.165, 1.54) is 12.5 Å². The first-order valence-electron chi connectivity index (χ1n) is 8.53. The molecule has 0 bridgehead atoms. The minimum absolute atomic E-state index is 0.0302. The monoisotopic (exact) mass is 369 g/mol. The van der Waals surface area contributed by atoms with E-state index in [-0.39, 0.29) is 31.2 Å². The van der Waals surface area contributed by atoms with E-state index in [2.05, 4.69) is 15.5 Å². The van der Waals surface area contributed by atoms with Crippen LogP contribution >= 0.6 is 0 Å². The first kappa shape index (κ1) is 18.4. The van der Waals surface area contributed by atoms with Crippen LogP contribution in [0, 0.1) is 0 Å². The summed E-state index contributed by atoms with van der Waals surface area (Å²) in [6.45, 7) is 0. The number of aliphatic carboxylic acids is 1. The predicted octanol–water partition coefficient (Wildman–Crippen LogP) is 2.98. The van der Waals surface area contributed by atoms with Crippen molar-refractivity contribution >= 4 is 11.9 Å². The summed E-state index contributed by atoms with van der Waals surface area (Å²) in [5, 5.41) is 15.7. The standard InChI is InChI=1S/C19H19N3O5/c23-16(7-8-17-21-19(22-27-17)14-10-11-26-12-14)20-15(6-9-18(24)25)13-4-2-1-3-5-13/h1-5,10-12,15H,6-9H2,(H,20,23)(H,24,25). The van der Waals surface area contributed by atoms with E-state index in [0.717, 1.165) is 5.56 Å². The Hall–Kier alpha value is -3.42. The van der Waals surface area contributed by atoms with Crippen molar-refractivity contribution < 1.29 is 23.6 Å². The van der Waals surface area contributed by atoms with Crippen molar-refractivity contribution in [3.8, 4) is 11.4 Å². The van der Waals surface area contributed by atoms with Crippen LogP contribution < -0.4 is 5.32 Å². The third-order valence-corrected chi connectivity index (χ3v) is 4.00. The molecule has 8 heteroatoms. The summed E-state index contributed by atoms with van der Waals surface area (Å²) in [7, 11) is 0.